The Morgan fingerprint density at radius 3 is 1.88 bits per heavy atom. The minimum absolute atomic E-state index is 0.133. The van der Waals surface area contributed by atoms with Gasteiger partial charge in [0, 0.05) is 17.7 Å². The number of esters is 2. The van der Waals surface area contributed by atoms with Gasteiger partial charge in [0.25, 0.3) is 0 Å². The number of amides is 1. The first-order chi connectivity index (χ1) is 15.9. The molecule has 0 saturated carbocycles. The van der Waals surface area contributed by atoms with E-state index < -0.39 is 24.3 Å². The van der Waals surface area contributed by atoms with E-state index >= 15 is 0 Å². The quantitative estimate of drug-likeness (QED) is 0.309. The molecule has 0 bridgehead atoms. The molecule has 0 aromatic heterocycles. The molecule has 33 heavy (non-hydrogen) atoms. The number of ketones is 1. The first kappa shape index (κ1) is 23.4. The number of anilines is 1. The van der Waals surface area contributed by atoms with E-state index in [1.807, 2.05) is 19.1 Å². The SMILES string of the molecule is CCC(=O)Nc1ccc(C(=O)OCC(=O)c2ccc(OC(=O)c3ccc(C)cc3)cc2)cc1. The van der Waals surface area contributed by atoms with E-state index in [1.54, 1.807) is 31.2 Å². The molecular formula is C26H23NO6. The van der Waals surface area contributed by atoms with Crippen molar-refractivity contribution in [3.63, 3.8) is 0 Å². The summed E-state index contributed by atoms with van der Waals surface area (Å²) in [5, 5.41) is 2.68. The van der Waals surface area contributed by atoms with Crippen molar-refractivity contribution in [2.75, 3.05) is 11.9 Å². The standard InChI is InChI=1S/C26H23NO6/c1-3-24(29)27-21-12-8-19(9-13-21)25(30)32-16-23(28)18-10-14-22(15-11-18)33-26(31)20-6-4-17(2)5-7-20/h4-15H,3,16H2,1-2H3,(H,27,29). The van der Waals surface area contributed by atoms with Crippen molar-refractivity contribution in [2.45, 2.75) is 20.3 Å². The monoisotopic (exact) mass is 445 g/mol. The molecule has 1 N–H and O–H groups in total. The summed E-state index contributed by atoms with van der Waals surface area (Å²) in [6.45, 7) is 3.23. The van der Waals surface area contributed by atoms with E-state index in [2.05, 4.69) is 5.32 Å². The number of rotatable bonds is 8. The number of ether oxygens (including phenoxy) is 2. The maximum Gasteiger partial charge on any atom is 0.343 e. The lowest BCUT2D eigenvalue weighted by Gasteiger charge is -2.07. The van der Waals surface area contributed by atoms with E-state index in [4.69, 9.17) is 9.47 Å². The van der Waals surface area contributed by atoms with Gasteiger partial charge < -0.3 is 14.8 Å². The van der Waals surface area contributed by atoms with E-state index in [9.17, 15) is 19.2 Å². The van der Waals surface area contributed by atoms with Crippen LogP contribution in [0.4, 0.5) is 5.69 Å². The highest BCUT2D eigenvalue weighted by molar-refractivity contribution is 5.99. The van der Waals surface area contributed by atoms with E-state index in [0.29, 0.717) is 29.0 Å². The zero-order valence-corrected chi connectivity index (χ0v) is 18.3. The molecule has 7 heteroatoms. The first-order valence-corrected chi connectivity index (χ1v) is 10.3. The van der Waals surface area contributed by atoms with Gasteiger partial charge in [-0.25, -0.2) is 9.59 Å². The largest absolute Gasteiger partial charge is 0.454 e. The molecule has 0 atom stereocenters. The summed E-state index contributed by atoms with van der Waals surface area (Å²) in [6, 6.07) is 19.2. The van der Waals surface area contributed by atoms with Crippen molar-refractivity contribution in [1.29, 1.82) is 0 Å². The van der Waals surface area contributed by atoms with Crippen LogP contribution in [0, 0.1) is 6.92 Å². The molecule has 3 aromatic carbocycles. The van der Waals surface area contributed by atoms with Crippen molar-refractivity contribution < 1.29 is 28.7 Å². The fraction of sp³-hybridized carbons (Fsp3) is 0.154. The molecule has 168 valence electrons. The summed E-state index contributed by atoms with van der Waals surface area (Å²) in [5.74, 6) is -1.38. The molecule has 0 heterocycles. The van der Waals surface area contributed by atoms with Gasteiger partial charge >= 0.3 is 11.9 Å². The Kier molecular flexibility index (Phi) is 7.70. The normalized spacial score (nSPS) is 10.2. The Morgan fingerprint density at radius 1 is 0.727 bits per heavy atom. The van der Waals surface area contributed by atoms with Crippen molar-refractivity contribution in [1.82, 2.24) is 0 Å². The van der Waals surface area contributed by atoms with Crippen LogP contribution < -0.4 is 10.1 Å². The molecule has 0 aliphatic carbocycles. The maximum absolute atomic E-state index is 12.3. The van der Waals surface area contributed by atoms with Crippen LogP contribution in [0.3, 0.4) is 0 Å². The van der Waals surface area contributed by atoms with Gasteiger partial charge in [0.1, 0.15) is 5.75 Å². The number of carbonyl (C=O) groups is 4. The predicted octanol–water partition coefficient (Wildman–Crippen LogP) is 4.60. The van der Waals surface area contributed by atoms with Crippen LogP contribution in [0.15, 0.2) is 72.8 Å². The summed E-state index contributed by atoms with van der Waals surface area (Å²) in [6.07, 6.45) is 0.349. The highest BCUT2D eigenvalue weighted by Crippen LogP contribution is 2.16. The van der Waals surface area contributed by atoms with Crippen molar-refractivity contribution in [2.24, 2.45) is 0 Å². The minimum Gasteiger partial charge on any atom is -0.454 e. The molecule has 0 radical (unpaired) electrons. The Labute approximate surface area is 191 Å². The first-order valence-electron chi connectivity index (χ1n) is 10.3. The van der Waals surface area contributed by atoms with Crippen LogP contribution in [0.25, 0.3) is 0 Å². The van der Waals surface area contributed by atoms with Crippen LogP contribution in [0.2, 0.25) is 0 Å². The van der Waals surface area contributed by atoms with Gasteiger partial charge in [-0.05, 0) is 67.6 Å². The number of carbonyl (C=O) groups excluding carboxylic acids is 4. The lowest BCUT2D eigenvalue weighted by Crippen LogP contribution is -2.15. The van der Waals surface area contributed by atoms with Crippen LogP contribution in [-0.4, -0.2) is 30.2 Å². The van der Waals surface area contributed by atoms with E-state index in [-0.39, 0.29) is 11.5 Å². The molecule has 3 rings (SSSR count). The number of hydrogen-bond donors (Lipinski definition) is 1. The summed E-state index contributed by atoms with van der Waals surface area (Å²) < 4.78 is 10.4. The molecule has 0 spiro atoms. The third-order valence-corrected chi connectivity index (χ3v) is 4.73. The maximum atomic E-state index is 12.3. The zero-order chi connectivity index (χ0) is 23.8. The van der Waals surface area contributed by atoms with Gasteiger partial charge in [0.15, 0.2) is 12.4 Å². The van der Waals surface area contributed by atoms with Crippen LogP contribution in [-0.2, 0) is 9.53 Å². The Morgan fingerprint density at radius 2 is 1.27 bits per heavy atom. The fourth-order valence-corrected chi connectivity index (χ4v) is 2.80. The number of nitrogens with one attached hydrogen (secondary N) is 1. The van der Waals surface area contributed by atoms with Gasteiger partial charge in [-0.3, -0.25) is 9.59 Å². The Hall–Kier alpha value is -4.26. The third kappa shape index (κ3) is 6.61. The number of aryl methyl sites for hydroxylation is 1. The lowest BCUT2D eigenvalue weighted by molar-refractivity contribution is -0.115. The Balaban J connectivity index is 1.52. The molecule has 0 saturated heterocycles. The molecule has 0 fully saturated rings. The second-order valence-corrected chi connectivity index (χ2v) is 7.26. The van der Waals surface area contributed by atoms with Gasteiger partial charge in [0.05, 0.1) is 11.1 Å². The summed E-state index contributed by atoms with van der Waals surface area (Å²) >= 11 is 0. The smallest absolute Gasteiger partial charge is 0.343 e. The minimum atomic E-state index is -0.652. The lowest BCUT2D eigenvalue weighted by atomic mass is 10.1. The molecule has 0 unspecified atom stereocenters. The number of Topliss-reactive ketones (excluding diaryl/α,β-unsaturated/α-hetero) is 1. The van der Waals surface area contributed by atoms with Crippen LogP contribution in [0.1, 0.15) is 50.0 Å². The second-order valence-electron chi connectivity index (χ2n) is 7.26. The molecular weight excluding hydrogens is 422 g/mol. The zero-order valence-electron chi connectivity index (χ0n) is 18.3. The van der Waals surface area contributed by atoms with Gasteiger partial charge in [-0.15, -0.1) is 0 Å². The topological polar surface area (TPSA) is 98.8 Å². The van der Waals surface area contributed by atoms with Crippen molar-refractivity contribution in [3.8, 4) is 5.75 Å². The van der Waals surface area contributed by atoms with Gasteiger partial charge in [-0.2, -0.15) is 0 Å². The Bertz CT molecular complexity index is 1150. The second kappa shape index (κ2) is 10.9. The molecule has 1 amide bonds. The van der Waals surface area contributed by atoms with Crippen molar-refractivity contribution >= 4 is 29.3 Å². The molecule has 0 aliphatic heterocycles. The predicted molar refractivity (Wildman–Crippen MR) is 123 cm³/mol. The molecule has 7 nitrogen and oxygen atoms in total. The van der Waals surface area contributed by atoms with Gasteiger partial charge in [0.2, 0.25) is 5.91 Å². The number of hydrogen-bond acceptors (Lipinski definition) is 6. The highest BCUT2D eigenvalue weighted by atomic mass is 16.5. The summed E-state index contributed by atoms with van der Waals surface area (Å²) in [7, 11) is 0. The number of benzene rings is 3. The molecule has 0 aliphatic rings. The van der Waals surface area contributed by atoms with Crippen molar-refractivity contribution in [3.05, 3.63) is 95.1 Å². The molecule has 3 aromatic rings. The fourth-order valence-electron chi connectivity index (χ4n) is 2.80. The summed E-state index contributed by atoms with van der Waals surface area (Å²) in [4.78, 5) is 48.1. The van der Waals surface area contributed by atoms with Crippen LogP contribution in [0.5, 0.6) is 5.75 Å². The average molecular weight is 445 g/mol. The summed E-state index contributed by atoms with van der Waals surface area (Å²) in [5.41, 5.74) is 2.60. The van der Waals surface area contributed by atoms with E-state index in [0.717, 1.165) is 5.56 Å². The third-order valence-electron chi connectivity index (χ3n) is 4.73. The van der Waals surface area contributed by atoms with E-state index in [1.165, 1.54) is 36.4 Å². The highest BCUT2D eigenvalue weighted by Gasteiger charge is 2.13. The van der Waals surface area contributed by atoms with Crippen LogP contribution >= 0.6 is 0 Å². The van der Waals surface area contributed by atoms with Gasteiger partial charge in [-0.1, -0.05) is 24.6 Å². The average Bonchev–Trinajstić information content (AvgIpc) is 2.83.